The number of rotatable bonds is 4. The summed E-state index contributed by atoms with van der Waals surface area (Å²) in [5.41, 5.74) is 1.51. The molecular weight excluding hydrogens is 266 g/mol. The fraction of sp³-hybridized carbons (Fsp3) is 1.00. The Kier molecular flexibility index (Phi) is 4.20. The van der Waals surface area contributed by atoms with Crippen LogP contribution in [-0.4, -0.2) is 24.5 Å². The Bertz CT molecular complexity index is 344. The van der Waals surface area contributed by atoms with E-state index in [1.54, 1.807) is 38.5 Å². The predicted molar refractivity (Wildman–Crippen MR) is 96.0 cm³/mol. The van der Waals surface area contributed by atoms with Gasteiger partial charge in [-0.3, -0.25) is 0 Å². The van der Waals surface area contributed by atoms with Gasteiger partial charge in [-0.05, 0) is 72.5 Å². The minimum Gasteiger partial charge on any atom is -0.302 e. The average molecular weight is 306 g/mol. The van der Waals surface area contributed by atoms with Crippen molar-refractivity contribution in [2.45, 2.75) is 80.1 Å². The first-order valence-corrected chi connectivity index (χ1v) is 9.74. The van der Waals surface area contributed by atoms with Gasteiger partial charge in [0.1, 0.15) is 0 Å². The summed E-state index contributed by atoms with van der Waals surface area (Å²) in [5, 5.41) is 0. The first-order valence-electron chi connectivity index (χ1n) is 9.74. The first-order chi connectivity index (χ1) is 10.0. The van der Waals surface area contributed by atoms with Crippen molar-refractivity contribution in [3.05, 3.63) is 0 Å². The van der Waals surface area contributed by atoms with Crippen LogP contribution in [0.5, 0.6) is 0 Å². The molecule has 0 amide bonds. The maximum atomic E-state index is 2.84. The topological polar surface area (TPSA) is 3.24 Å². The fourth-order valence-corrected chi connectivity index (χ4v) is 6.47. The smallest absolute Gasteiger partial charge is 0.00387 e. The van der Waals surface area contributed by atoms with Gasteiger partial charge < -0.3 is 4.90 Å². The second-order valence-electron chi connectivity index (χ2n) is 11.7. The highest BCUT2D eigenvalue weighted by atomic mass is 15.1. The van der Waals surface area contributed by atoms with Crippen molar-refractivity contribution in [1.29, 1.82) is 0 Å². The lowest BCUT2D eigenvalue weighted by molar-refractivity contribution is -0.0754. The Hall–Kier alpha value is -0.0400. The molecule has 4 rings (SSSR count). The Morgan fingerprint density at radius 3 is 1.41 bits per heavy atom. The van der Waals surface area contributed by atoms with Gasteiger partial charge in [0, 0.05) is 19.6 Å². The van der Waals surface area contributed by atoms with E-state index >= 15 is 0 Å². The van der Waals surface area contributed by atoms with E-state index in [-0.39, 0.29) is 0 Å². The Morgan fingerprint density at radius 1 is 0.727 bits per heavy atom. The summed E-state index contributed by atoms with van der Waals surface area (Å²) in [5.74, 6) is 3.24. The van der Waals surface area contributed by atoms with E-state index in [0.29, 0.717) is 16.2 Å². The molecule has 0 unspecified atom stereocenters. The zero-order valence-electron chi connectivity index (χ0n) is 16.0. The van der Waals surface area contributed by atoms with Crippen molar-refractivity contribution in [3.63, 3.8) is 0 Å². The minimum absolute atomic E-state index is 0.410. The van der Waals surface area contributed by atoms with Crippen molar-refractivity contribution in [2.75, 3.05) is 19.6 Å². The molecule has 128 valence electrons. The molecule has 4 aliphatic carbocycles. The molecule has 4 aliphatic rings. The standard InChI is InChI=1S/C21H39N/c1-19(2,3)13-22(14-20(4,5)6)15-21-10-16-7-17(11-21)9-18(8-16)12-21/h16-18H,7-15H2,1-6H3. The SMILES string of the molecule is CC(C)(C)CN(CC(C)(C)C)CC12CC3CC(CC(C3)C1)C2. The van der Waals surface area contributed by atoms with Gasteiger partial charge in [0.15, 0.2) is 0 Å². The van der Waals surface area contributed by atoms with Crippen LogP contribution in [0.15, 0.2) is 0 Å². The maximum Gasteiger partial charge on any atom is 0.00387 e. The molecule has 0 saturated heterocycles. The second kappa shape index (κ2) is 5.50. The van der Waals surface area contributed by atoms with E-state index in [1.807, 2.05) is 0 Å². The van der Waals surface area contributed by atoms with Crippen LogP contribution in [0.2, 0.25) is 0 Å². The normalized spacial score (nSPS) is 38.0. The highest BCUT2D eigenvalue weighted by Gasteiger charge is 2.51. The van der Waals surface area contributed by atoms with Gasteiger partial charge >= 0.3 is 0 Å². The third kappa shape index (κ3) is 4.08. The molecule has 0 heterocycles. The molecule has 22 heavy (non-hydrogen) atoms. The Labute approximate surface area is 139 Å². The van der Waals surface area contributed by atoms with Crippen LogP contribution < -0.4 is 0 Å². The Morgan fingerprint density at radius 2 is 1.09 bits per heavy atom. The van der Waals surface area contributed by atoms with Crippen molar-refractivity contribution in [3.8, 4) is 0 Å². The lowest BCUT2D eigenvalue weighted by Crippen LogP contribution is -2.53. The molecule has 1 heteroatoms. The first kappa shape index (κ1) is 16.8. The minimum atomic E-state index is 0.410. The predicted octanol–water partition coefficient (Wildman–Crippen LogP) is 5.60. The summed E-state index contributed by atoms with van der Waals surface area (Å²) < 4.78 is 0. The molecular formula is C21H39N. The lowest BCUT2D eigenvalue weighted by Gasteiger charge is -2.58. The van der Waals surface area contributed by atoms with Gasteiger partial charge in [-0.15, -0.1) is 0 Å². The van der Waals surface area contributed by atoms with E-state index in [0.717, 1.165) is 17.8 Å². The van der Waals surface area contributed by atoms with Gasteiger partial charge in [0.25, 0.3) is 0 Å². The summed E-state index contributed by atoms with van der Waals surface area (Å²) >= 11 is 0. The highest BCUT2D eigenvalue weighted by molar-refractivity contribution is 5.02. The van der Waals surface area contributed by atoms with E-state index in [2.05, 4.69) is 46.4 Å². The average Bonchev–Trinajstić information content (AvgIpc) is 2.19. The Balaban J connectivity index is 1.72. The maximum absolute atomic E-state index is 2.84. The molecule has 4 saturated carbocycles. The van der Waals surface area contributed by atoms with Gasteiger partial charge in [-0.2, -0.15) is 0 Å². The van der Waals surface area contributed by atoms with Crippen molar-refractivity contribution >= 4 is 0 Å². The largest absolute Gasteiger partial charge is 0.302 e. The van der Waals surface area contributed by atoms with Gasteiger partial charge in [0.2, 0.25) is 0 Å². The van der Waals surface area contributed by atoms with E-state index in [9.17, 15) is 0 Å². The van der Waals surface area contributed by atoms with Crippen molar-refractivity contribution < 1.29 is 0 Å². The second-order valence-corrected chi connectivity index (χ2v) is 11.7. The van der Waals surface area contributed by atoms with Crippen LogP contribution in [0.4, 0.5) is 0 Å². The van der Waals surface area contributed by atoms with Gasteiger partial charge in [-0.25, -0.2) is 0 Å². The molecule has 1 nitrogen and oxygen atoms in total. The molecule has 0 atom stereocenters. The van der Waals surface area contributed by atoms with Gasteiger partial charge in [0.05, 0.1) is 0 Å². The third-order valence-corrected chi connectivity index (χ3v) is 6.12. The van der Waals surface area contributed by atoms with E-state index < -0.39 is 0 Å². The van der Waals surface area contributed by atoms with Crippen LogP contribution in [0.25, 0.3) is 0 Å². The molecule has 4 fully saturated rings. The number of hydrogen-bond acceptors (Lipinski definition) is 1. The van der Waals surface area contributed by atoms with Crippen LogP contribution in [0.1, 0.15) is 80.1 Å². The van der Waals surface area contributed by atoms with Gasteiger partial charge in [-0.1, -0.05) is 41.5 Å². The zero-order valence-corrected chi connectivity index (χ0v) is 16.0. The zero-order chi connectivity index (χ0) is 16.2. The molecule has 0 aromatic carbocycles. The van der Waals surface area contributed by atoms with E-state index in [1.165, 1.54) is 19.6 Å². The monoisotopic (exact) mass is 305 g/mol. The molecule has 0 aromatic rings. The number of nitrogens with zero attached hydrogens (tertiary/aromatic N) is 1. The highest BCUT2D eigenvalue weighted by Crippen LogP contribution is 2.60. The fourth-order valence-electron chi connectivity index (χ4n) is 6.47. The van der Waals surface area contributed by atoms with E-state index in [4.69, 9.17) is 0 Å². The molecule has 0 N–H and O–H groups in total. The summed E-state index contributed by atoms with van der Waals surface area (Å²) in [7, 11) is 0. The van der Waals surface area contributed by atoms with Crippen molar-refractivity contribution in [2.24, 2.45) is 34.0 Å². The van der Waals surface area contributed by atoms with Crippen molar-refractivity contribution in [1.82, 2.24) is 4.90 Å². The third-order valence-electron chi connectivity index (χ3n) is 6.12. The van der Waals surface area contributed by atoms with Crippen LogP contribution in [-0.2, 0) is 0 Å². The lowest BCUT2D eigenvalue weighted by atomic mass is 9.49. The molecule has 4 bridgehead atoms. The molecule has 0 aromatic heterocycles. The van der Waals surface area contributed by atoms with Crippen LogP contribution >= 0.6 is 0 Å². The van der Waals surface area contributed by atoms with Crippen LogP contribution in [0, 0.1) is 34.0 Å². The summed E-state index contributed by atoms with van der Waals surface area (Å²) in [6.45, 7) is 18.3. The summed E-state index contributed by atoms with van der Waals surface area (Å²) in [6.07, 6.45) is 9.34. The molecule has 0 spiro atoms. The summed E-state index contributed by atoms with van der Waals surface area (Å²) in [4.78, 5) is 2.84. The molecule has 0 radical (unpaired) electrons. The van der Waals surface area contributed by atoms with Crippen LogP contribution in [0.3, 0.4) is 0 Å². The number of hydrogen-bond donors (Lipinski definition) is 0. The summed E-state index contributed by atoms with van der Waals surface area (Å²) in [6, 6.07) is 0. The quantitative estimate of drug-likeness (QED) is 0.653. The molecule has 0 aliphatic heterocycles.